The Morgan fingerprint density at radius 1 is 1.10 bits per heavy atom. The molecule has 2 aromatic carbocycles. The first-order valence-corrected chi connectivity index (χ1v) is 13.1. The zero-order valence-electron chi connectivity index (χ0n) is 21.8. The van der Waals surface area contributed by atoms with Crippen molar-refractivity contribution in [2.45, 2.75) is 45.8 Å². The van der Waals surface area contributed by atoms with E-state index in [1.165, 1.54) is 0 Å². The molecule has 4 aromatic rings. The van der Waals surface area contributed by atoms with Gasteiger partial charge in [-0.3, -0.25) is 0 Å². The summed E-state index contributed by atoms with van der Waals surface area (Å²) in [7, 11) is 0. The minimum Gasteiger partial charge on any atom is -0.447 e. The van der Waals surface area contributed by atoms with Crippen LogP contribution in [0.2, 0.25) is 5.15 Å². The third-order valence-electron chi connectivity index (χ3n) is 6.07. The van der Waals surface area contributed by atoms with E-state index in [0.717, 1.165) is 46.6 Å². The van der Waals surface area contributed by atoms with Gasteiger partial charge in [0.25, 0.3) is 5.09 Å². The summed E-state index contributed by atoms with van der Waals surface area (Å²) < 4.78 is 6.98. The van der Waals surface area contributed by atoms with E-state index >= 15 is 0 Å². The second-order valence-corrected chi connectivity index (χ2v) is 9.14. The minimum atomic E-state index is -0.911. The number of unbranched alkanes of at least 4 members (excludes halogenated alkanes) is 1. The second-order valence-electron chi connectivity index (χ2n) is 8.78. The first-order chi connectivity index (χ1) is 19.4. The third-order valence-corrected chi connectivity index (χ3v) is 6.37. The molecule has 4 rings (SSSR count). The molecule has 40 heavy (non-hydrogen) atoms. The van der Waals surface area contributed by atoms with Crippen molar-refractivity contribution in [1.82, 2.24) is 29.8 Å². The molecule has 0 aliphatic heterocycles. The molecule has 2 heterocycles. The number of rotatable bonds is 13. The van der Waals surface area contributed by atoms with Gasteiger partial charge in [0.2, 0.25) is 5.82 Å². The van der Waals surface area contributed by atoms with Gasteiger partial charge in [-0.25, -0.2) is 9.78 Å². The summed E-state index contributed by atoms with van der Waals surface area (Å²) in [5.41, 5.74) is 4.02. The third kappa shape index (κ3) is 6.98. The predicted octanol–water partition coefficient (Wildman–Crippen LogP) is 4.32. The zero-order chi connectivity index (χ0) is 28.5. The van der Waals surface area contributed by atoms with Crippen molar-refractivity contribution in [3.05, 3.63) is 80.9 Å². The van der Waals surface area contributed by atoms with Gasteiger partial charge in [0, 0.05) is 24.9 Å². The number of aromatic nitrogens is 6. The second kappa shape index (κ2) is 13.6. The molecule has 1 N–H and O–H groups in total. The van der Waals surface area contributed by atoms with Gasteiger partial charge in [-0.05, 0) is 28.3 Å². The van der Waals surface area contributed by atoms with Crippen LogP contribution in [0.3, 0.4) is 0 Å². The lowest BCUT2D eigenvalue weighted by molar-refractivity contribution is -0.757. The van der Waals surface area contributed by atoms with Crippen LogP contribution in [0.4, 0.5) is 4.79 Å². The lowest BCUT2D eigenvalue weighted by Crippen LogP contribution is -2.18. The number of hydrogen-bond acceptors (Lipinski definition) is 10. The van der Waals surface area contributed by atoms with Crippen LogP contribution in [0.25, 0.3) is 22.5 Å². The fourth-order valence-corrected chi connectivity index (χ4v) is 4.34. The topological polar surface area (TPSA) is 160 Å². The standard InChI is InChI=1S/C26H28ClN7O6/c1-2-3-9-23-28-24(27)22(17-35)32(23)16-18-10-12-19(13-11-18)20-7-4-5-8-21(20)25-29-31-33(30-25)26(36)39-14-6-15-40-34(37)38/h4-5,7-8,10-13,35H,2-3,6,9,14-17H2,1H3. The van der Waals surface area contributed by atoms with E-state index in [-0.39, 0.29) is 32.1 Å². The largest absolute Gasteiger partial charge is 0.453 e. The summed E-state index contributed by atoms with van der Waals surface area (Å²) in [4.78, 5) is 31.8. The van der Waals surface area contributed by atoms with E-state index in [1.807, 2.05) is 53.1 Å². The highest BCUT2D eigenvalue weighted by atomic mass is 35.5. The summed E-state index contributed by atoms with van der Waals surface area (Å²) in [5.74, 6) is 1.08. The number of imidazole rings is 1. The van der Waals surface area contributed by atoms with E-state index in [9.17, 15) is 20.0 Å². The van der Waals surface area contributed by atoms with Crippen LogP contribution < -0.4 is 0 Å². The van der Waals surface area contributed by atoms with Crippen LogP contribution in [-0.4, -0.2) is 59.3 Å². The van der Waals surface area contributed by atoms with Crippen LogP contribution in [0, 0.1) is 10.1 Å². The van der Waals surface area contributed by atoms with Gasteiger partial charge in [-0.2, -0.15) is 0 Å². The van der Waals surface area contributed by atoms with Gasteiger partial charge >= 0.3 is 6.09 Å². The number of benzene rings is 2. The number of halogens is 1. The summed E-state index contributed by atoms with van der Waals surface area (Å²) in [6, 6.07) is 15.4. The molecule has 0 bridgehead atoms. The fraction of sp³-hybridized carbons (Fsp3) is 0.346. The molecule has 0 saturated carbocycles. The van der Waals surface area contributed by atoms with Gasteiger partial charge in [0.15, 0.2) is 5.15 Å². The molecule has 0 saturated heterocycles. The first-order valence-electron chi connectivity index (χ1n) is 12.7. The van der Waals surface area contributed by atoms with Crippen molar-refractivity contribution in [3.63, 3.8) is 0 Å². The quantitative estimate of drug-likeness (QED) is 0.139. The highest BCUT2D eigenvalue weighted by Gasteiger charge is 2.18. The fourth-order valence-electron chi connectivity index (χ4n) is 4.09. The van der Waals surface area contributed by atoms with Crippen molar-refractivity contribution in [1.29, 1.82) is 0 Å². The number of carbonyl (C=O) groups is 1. The van der Waals surface area contributed by atoms with E-state index < -0.39 is 11.2 Å². The molecule has 2 aromatic heterocycles. The maximum absolute atomic E-state index is 12.2. The van der Waals surface area contributed by atoms with Crippen LogP contribution in [-0.2, 0) is 29.1 Å². The summed E-state index contributed by atoms with van der Waals surface area (Å²) >= 11 is 6.28. The number of nitrogens with zero attached hydrogens (tertiary/aromatic N) is 7. The van der Waals surface area contributed by atoms with Crippen LogP contribution >= 0.6 is 11.6 Å². The van der Waals surface area contributed by atoms with Gasteiger partial charge in [0.1, 0.15) is 5.82 Å². The van der Waals surface area contributed by atoms with E-state index in [0.29, 0.717) is 23.0 Å². The molecular formula is C26H28ClN7O6. The van der Waals surface area contributed by atoms with Crippen molar-refractivity contribution in [3.8, 4) is 22.5 Å². The maximum Gasteiger partial charge on any atom is 0.453 e. The summed E-state index contributed by atoms with van der Waals surface area (Å²) in [5, 5.41) is 31.4. The SMILES string of the molecule is CCCCc1nc(Cl)c(CO)n1Cc1ccc(-c2ccccc2-c2nnn(C(=O)OCCCO[N+](=O)[O-])n2)cc1. The lowest BCUT2D eigenvalue weighted by Gasteiger charge is -2.12. The van der Waals surface area contributed by atoms with Crippen molar-refractivity contribution in [2.24, 2.45) is 0 Å². The summed E-state index contributed by atoms with van der Waals surface area (Å²) in [6.45, 7) is 2.15. The molecular weight excluding hydrogens is 542 g/mol. The Morgan fingerprint density at radius 3 is 2.55 bits per heavy atom. The number of aliphatic hydroxyl groups is 1. The van der Waals surface area contributed by atoms with Crippen LogP contribution in [0.5, 0.6) is 0 Å². The van der Waals surface area contributed by atoms with E-state index in [4.69, 9.17) is 16.3 Å². The molecule has 0 spiro atoms. The zero-order valence-corrected chi connectivity index (χ0v) is 22.5. The average molecular weight is 570 g/mol. The van der Waals surface area contributed by atoms with Crippen molar-refractivity contribution in [2.75, 3.05) is 13.2 Å². The molecule has 0 aliphatic rings. The number of hydrogen-bond donors (Lipinski definition) is 1. The Bertz CT molecular complexity index is 1450. The van der Waals surface area contributed by atoms with Gasteiger partial charge in [0.05, 0.1) is 25.5 Å². The van der Waals surface area contributed by atoms with Gasteiger partial charge < -0.3 is 19.2 Å². The lowest BCUT2D eigenvalue weighted by atomic mass is 9.98. The Balaban J connectivity index is 1.48. The van der Waals surface area contributed by atoms with Crippen molar-refractivity contribution >= 4 is 17.7 Å². The van der Waals surface area contributed by atoms with E-state index in [2.05, 4.69) is 32.2 Å². The van der Waals surface area contributed by atoms with Gasteiger partial charge in [-0.1, -0.05) is 78.3 Å². The Kier molecular flexibility index (Phi) is 9.76. The Morgan fingerprint density at radius 2 is 1.85 bits per heavy atom. The highest BCUT2D eigenvalue weighted by molar-refractivity contribution is 6.30. The molecule has 14 heteroatoms. The van der Waals surface area contributed by atoms with Gasteiger partial charge in [-0.15, -0.1) is 20.3 Å². The number of tetrazole rings is 1. The minimum absolute atomic E-state index is 0.0995. The molecule has 13 nitrogen and oxygen atoms in total. The highest BCUT2D eigenvalue weighted by Crippen LogP contribution is 2.30. The molecule has 0 atom stereocenters. The Hall–Kier alpha value is -4.36. The predicted molar refractivity (Wildman–Crippen MR) is 144 cm³/mol. The van der Waals surface area contributed by atoms with Crippen LogP contribution in [0.1, 0.15) is 43.3 Å². The molecule has 0 unspecified atom stereocenters. The molecule has 0 radical (unpaired) electrons. The Labute approximate surface area is 234 Å². The van der Waals surface area contributed by atoms with Crippen molar-refractivity contribution < 1.29 is 24.6 Å². The smallest absolute Gasteiger partial charge is 0.447 e. The monoisotopic (exact) mass is 569 g/mol. The molecule has 0 fully saturated rings. The molecule has 0 amide bonds. The average Bonchev–Trinajstić information content (AvgIpc) is 3.56. The first kappa shape index (κ1) is 28.6. The van der Waals surface area contributed by atoms with E-state index in [1.54, 1.807) is 0 Å². The molecule has 0 aliphatic carbocycles. The summed E-state index contributed by atoms with van der Waals surface area (Å²) in [6.07, 6.45) is 2.06. The molecule has 210 valence electrons. The number of ether oxygens (including phenoxy) is 1. The maximum atomic E-state index is 12.2. The number of aryl methyl sites for hydroxylation is 1. The number of aliphatic hydroxyl groups excluding tert-OH is 1. The van der Waals surface area contributed by atoms with Crippen LogP contribution in [0.15, 0.2) is 48.5 Å². The number of carbonyl (C=O) groups excluding carboxylic acids is 1. The normalized spacial score (nSPS) is 11.0.